The first-order chi connectivity index (χ1) is 23.4. The summed E-state index contributed by atoms with van der Waals surface area (Å²) in [6.07, 6.45) is 28.1. The van der Waals surface area contributed by atoms with Gasteiger partial charge in [0.25, 0.3) is 0 Å². The lowest BCUT2D eigenvalue weighted by atomic mass is 9.89. The van der Waals surface area contributed by atoms with Crippen molar-refractivity contribution in [1.82, 2.24) is 0 Å². The van der Waals surface area contributed by atoms with E-state index in [1.807, 2.05) is 24.3 Å². The lowest BCUT2D eigenvalue weighted by Crippen LogP contribution is -2.06. The van der Waals surface area contributed by atoms with Gasteiger partial charge in [-0.15, -0.1) is 0 Å². The molecule has 0 aliphatic heterocycles. The van der Waals surface area contributed by atoms with Crippen molar-refractivity contribution in [2.24, 2.45) is 0 Å². The number of carbonyl (C=O) groups is 2. The van der Waals surface area contributed by atoms with Gasteiger partial charge in [-0.3, -0.25) is 0 Å². The van der Waals surface area contributed by atoms with E-state index in [9.17, 15) is 19.8 Å². The SMILES string of the molecule is CCCCCCCCCCCCc1ccc(-c2cc(C(=O)O)c(-c3ccc(CCCCCCCCCCCC)cc3)cc2C(=O)O)cc1. The van der Waals surface area contributed by atoms with Gasteiger partial charge in [0, 0.05) is 0 Å². The number of unbranched alkanes of at least 4 members (excludes halogenated alkanes) is 18. The van der Waals surface area contributed by atoms with Gasteiger partial charge in [-0.25, -0.2) is 9.59 Å². The molecule has 0 saturated carbocycles. The first-order valence-electron chi connectivity index (χ1n) is 19.3. The lowest BCUT2D eigenvalue weighted by Gasteiger charge is -2.14. The zero-order valence-corrected chi connectivity index (χ0v) is 30.0. The third kappa shape index (κ3) is 14.0. The molecule has 0 unspecified atom stereocenters. The maximum Gasteiger partial charge on any atom is 0.336 e. The van der Waals surface area contributed by atoms with E-state index < -0.39 is 11.9 Å². The normalized spacial score (nSPS) is 11.2. The average Bonchev–Trinajstić information content (AvgIpc) is 3.10. The number of carboxylic acids is 2. The molecule has 0 aromatic heterocycles. The number of benzene rings is 3. The van der Waals surface area contributed by atoms with E-state index in [4.69, 9.17) is 0 Å². The van der Waals surface area contributed by atoms with Crippen LogP contribution in [0.1, 0.15) is 174 Å². The number of aromatic carboxylic acids is 2. The summed E-state index contributed by atoms with van der Waals surface area (Å²) in [4.78, 5) is 24.8. The van der Waals surface area contributed by atoms with Gasteiger partial charge < -0.3 is 10.2 Å². The van der Waals surface area contributed by atoms with E-state index in [-0.39, 0.29) is 11.1 Å². The van der Waals surface area contributed by atoms with Crippen LogP contribution in [0.25, 0.3) is 22.3 Å². The Morgan fingerprint density at radius 3 is 0.958 bits per heavy atom. The van der Waals surface area contributed by atoms with E-state index in [1.165, 1.54) is 139 Å². The summed E-state index contributed by atoms with van der Waals surface area (Å²) in [6, 6.07) is 19.0. The average molecular weight is 655 g/mol. The minimum atomic E-state index is -1.06. The summed E-state index contributed by atoms with van der Waals surface area (Å²) in [7, 11) is 0. The maximum atomic E-state index is 12.4. The van der Waals surface area contributed by atoms with Gasteiger partial charge in [-0.2, -0.15) is 0 Å². The van der Waals surface area contributed by atoms with Gasteiger partial charge in [0.2, 0.25) is 0 Å². The van der Waals surface area contributed by atoms with Crippen molar-refractivity contribution >= 4 is 11.9 Å². The molecular formula is C44H62O4. The van der Waals surface area contributed by atoms with E-state index >= 15 is 0 Å². The Kier molecular flexibility index (Phi) is 18.7. The van der Waals surface area contributed by atoms with Gasteiger partial charge >= 0.3 is 11.9 Å². The molecule has 0 bridgehead atoms. The third-order valence-corrected chi connectivity index (χ3v) is 9.79. The number of aryl methyl sites for hydroxylation is 2. The summed E-state index contributed by atoms with van der Waals surface area (Å²) in [5.74, 6) is -2.12. The van der Waals surface area contributed by atoms with E-state index in [2.05, 4.69) is 38.1 Å². The van der Waals surface area contributed by atoms with E-state index in [1.54, 1.807) is 0 Å². The topological polar surface area (TPSA) is 74.6 Å². The van der Waals surface area contributed by atoms with Crippen LogP contribution < -0.4 is 0 Å². The second kappa shape index (κ2) is 23.0. The molecule has 0 amide bonds. The molecule has 0 heterocycles. The van der Waals surface area contributed by atoms with Crippen LogP contribution >= 0.6 is 0 Å². The highest BCUT2D eigenvalue weighted by molar-refractivity contribution is 6.04. The lowest BCUT2D eigenvalue weighted by molar-refractivity contribution is 0.0682. The summed E-state index contributed by atoms with van der Waals surface area (Å²) >= 11 is 0. The first-order valence-corrected chi connectivity index (χ1v) is 19.3. The number of hydrogen-bond donors (Lipinski definition) is 2. The van der Waals surface area contributed by atoms with Crippen molar-refractivity contribution < 1.29 is 19.8 Å². The van der Waals surface area contributed by atoms with Gasteiger partial charge in [-0.05, 0) is 71.2 Å². The molecule has 0 aliphatic carbocycles. The molecule has 0 radical (unpaired) electrons. The van der Waals surface area contributed by atoms with Crippen molar-refractivity contribution in [1.29, 1.82) is 0 Å². The second-order valence-corrected chi connectivity index (χ2v) is 13.8. The molecule has 0 spiro atoms. The highest BCUT2D eigenvalue weighted by Gasteiger charge is 2.21. The highest BCUT2D eigenvalue weighted by Crippen LogP contribution is 2.33. The zero-order chi connectivity index (χ0) is 34.4. The quantitative estimate of drug-likeness (QED) is 0.0845. The molecule has 0 atom stereocenters. The Hall–Kier alpha value is -3.40. The van der Waals surface area contributed by atoms with Crippen LogP contribution in [0.2, 0.25) is 0 Å². The van der Waals surface area contributed by atoms with E-state index in [0.717, 1.165) is 36.8 Å². The van der Waals surface area contributed by atoms with Crippen molar-refractivity contribution in [2.75, 3.05) is 0 Å². The first kappa shape index (κ1) is 39.0. The molecular weight excluding hydrogens is 592 g/mol. The molecule has 2 N–H and O–H groups in total. The van der Waals surface area contributed by atoms with E-state index in [0.29, 0.717) is 11.1 Å². The molecule has 3 aromatic carbocycles. The zero-order valence-electron chi connectivity index (χ0n) is 30.0. The van der Waals surface area contributed by atoms with Gasteiger partial charge in [0.1, 0.15) is 0 Å². The second-order valence-electron chi connectivity index (χ2n) is 13.8. The van der Waals surface area contributed by atoms with Gasteiger partial charge in [0.05, 0.1) is 11.1 Å². The minimum absolute atomic E-state index is 0.117. The minimum Gasteiger partial charge on any atom is -0.478 e. The number of rotatable bonds is 26. The smallest absolute Gasteiger partial charge is 0.336 e. The van der Waals surface area contributed by atoms with Crippen LogP contribution in [0.4, 0.5) is 0 Å². The van der Waals surface area contributed by atoms with Crippen molar-refractivity contribution in [3.8, 4) is 22.3 Å². The van der Waals surface area contributed by atoms with Crippen LogP contribution in [0.3, 0.4) is 0 Å². The fourth-order valence-electron chi connectivity index (χ4n) is 6.77. The maximum absolute atomic E-state index is 12.4. The Labute approximate surface area is 291 Å². The number of carboxylic acid groups (broad SMARTS) is 2. The summed E-state index contributed by atoms with van der Waals surface area (Å²) in [6.45, 7) is 4.51. The Balaban J connectivity index is 1.56. The van der Waals surface area contributed by atoms with Crippen molar-refractivity contribution in [3.63, 3.8) is 0 Å². The predicted octanol–water partition coefficient (Wildman–Crippen LogP) is 13.3. The largest absolute Gasteiger partial charge is 0.478 e. The molecule has 4 heteroatoms. The molecule has 4 nitrogen and oxygen atoms in total. The standard InChI is InChI=1S/C44H62O4/c1-3-5-7-9-11-13-15-17-19-21-23-35-25-29-37(30-26-35)39-33-42(44(47)48)40(34-41(39)43(45)46)38-31-27-36(28-32-38)24-22-20-18-16-14-12-10-8-6-4-2/h25-34H,3-24H2,1-2H3,(H,45,46)(H,47,48). The Bertz CT molecular complexity index is 1230. The monoisotopic (exact) mass is 654 g/mol. The highest BCUT2D eigenvalue weighted by atomic mass is 16.4. The van der Waals surface area contributed by atoms with Gasteiger partial charge in [-0.1, -0.05) is 178 Å². The summed E-state index contributed by atoms with van der Waals surface area (Å²) in [5, 5.41) is 20.3. The van der Waals surface area contributed by atoms with Crippen LogP contribution in [0.15, 0.2) is 60.7 Å². The van der Waals surface area contributed by atoms with Crippen LogP contribution in [0, 0.1) is 0 Å². The summed E-state index contributed by atoms with van der Waals surface area (Å²) < 4.78 is 0. The molecule has 262 valence electrons. The summed E-state index contributed by atoms with van der Waals surface area (Å²) in [5.41, 5.74) is 5.00. The van der Waals surface area contributed by atoms with Crippen LogP contribution in [-0.2, 0) is 12.8 Å². The van der Waals surface area contributed by atoms with Gasteiger partial charge in [0.15, 0.2) is 0 Å². The molecule has 0 saturated heterocycles. The van der Waals surface area contributed by atoms with Crippen molar-refractivity contribution in [2.45, 2.75) is 155 Å². The molecule has 3 aromatic rings. The molecule has 0 aliphatic rings. The van der Waals surface area contributed by atoms with Crippen molar-refractivity contribution in [3.05, 3.63) is 82.9 Å². The molecule has 48 heavy (non-hydrogen) atoms. The Morgan fingerprint density at radius 2 is 0.688 bits per heavy atom. The number of hydrogen-bond acceptors (Lipinski definition) is 2. The fraction of sp³-hybridized carbons (Fsp3) is 0.545. The van der Waals surface area contributed by atoms with Crippen LogP contribution in [-0.4, -0.2) is 22.2 Å². The van der Waals surface area contributed by atoms with Crippen LogP contribution in [0.5, 0.6) is 0 Å². The predicted molar refractivity (Wildman–Crippen MR) is 202 cm³/mol. The molecule has 0 fully saturated rings. The Morgan fingerprint density at radius 1 is 0.417 bits per heavy atom. The fourth-order valence-corrected chi connectivity index (χ4v) is 6.77. The molecule has 3 rings (SSSR count). The third-order valence-electron chi connectivity index (χ3n) is 9.79.